The summed E-state index contributed by atoms with van der Waals surface area (Å²) < 4.78 is 33.1. The molecule has 1 aromatic heterocycles. The zero-order valence-electron chi connectivity index (χ0n) is 18.5. The van der Waals surface area contributed by atoms with Crippen LogP contribution in [0.1, 0.15) is 37.7 Å². The zero-order chi connectivity index (χ0) is 23.3. The molecule has 1 amide bonds. The molecule has 2 heterocycles. The molecule has 0 bridgehead atoms. The Kier molecular flexibility index (Phi) is 8.65. The number of hydrogen-bond donors (Lipinski definition) is 1. The lowest BCUT2D eigenvalue weighted by Crippen LogP contribution is -2.41. The Bertz CT molecular complexity index is 1010. The van der Waals surface area contributed by atoms with Gasteiger partial charge in [0, 0.05) is 33.9 Å². The molecule has 1 N–H and O–H groups in total. The van der Waals surface area contributed by atoms with Gasteiger partial charge in [-0.05, 0) is 49.8 Å². The maximum Gasteiger partial charge on any atom is 0.255 e. The fourth-order valence-corrected chi connectivity index (χ4v) is 6.18. The van der Waals surface area contributed by atoms with Gasteiger partial charge < -0.3 is 10.1 Å². The van der Waals surface area contributed by atoms with E-state index >= 15 is 0 Å². The number of amides is 1. The molecule has 1 atom stereocenters. The van der Waals surface area contributed by atoms with Crippen LogP contribution >= 0.6 is 22.9 Å². The first-order valence-electron chi connectivity index (χ1n) is 10.5. The molecule has 0 saturated carbocycles. The van der Waals surface area contributed by atoms with Crippen molar-refractivity contribution in [3.05, 3.63) is 40.4 Å². The molecule has 176 valence electrons. The average Bonchev–Trinajstić information content (AvgIpc) is 3.17. The SMILES string of the molecule is CCN(N(C)C)S(=O)(=O)c1ccc(C(CC2CCOCC2)C(=O)Nc2ncc(Cl)s2)cc1. The highest BCUT2D eigenvalue weighted by Gasteiger charge is 2.29. The number of nitrogens with zero attached hydrogens (tertiary/aromatic N) is 3. The normalized spacial score (nSPS) is 16.4. The molecule has 8 nitrogen and oxygen atoms in total. The third-order valence-electron chi connectivity index (χ3n) is 5.51. The van der Waals surface area contributed by atoms with Crippen molar-refractivity contribution < 1.29 is 17.9 Å². The first-order valence-corrected chi connectivity index (χ1v) is 13.2. The molecule has 2 aromatic rings. The average molecular weight is 501 g/mol. The minimum absolute atomic E-state index is 0.179. The van der Waals surface area contributed by atoms with Crippen LogP contribution < -0.4 is 5.32 Å². The quantitative estimate of drug-likeness (QED) is 0.526. The lowest BCUT2D eigenvalue weighted by Gasteiger charge is -2.27. The van der Waals surface area contributed by atoms with Crippen LogP contribution in [0.15, 0.2) is 35.4 Å². The number of benzene rings is 1. The molecule has 0 aliphatic carbocycles. The summed E-state index contributed by atoms with van der Waals surface area (Å²) in [6.07, 6.45) is 3.94. The van der Waals surface area contributed by atoms with Crippen LogP contribution in [0, 0.1) is 5.92 Å². The number of anilines is 1. The van der Waals surface area contributed by atoms with Crippen LogP contribution in [0.25, 0.3) is 0 Å². The smallest absolute Gasteiger partial charge is 0.255 e. The number of hydrazine groups is 1. The minimum atomic E-state index is -3.67. The van der Waals surface area contributed by atoms with Crippen LogP contribution in [0.4, 0.5) is 5.13 Å². The number of hydrogen-bond acceptors (Lipinski definition) is 7. The molecular weight excluding hydrogens is 472 g/mol. The highest BCUT2D eigenvalue weighted by atomic mass is 35.5. The Morgan fingerprint density at radius 3 is 2.47 bits per heavy atom. The van der Waals surface area contributed by atoms with E-state index in [-0.39, 0.29) is 10.8 Å². The molecule has 3 rings (SSSR count). The Balaban J connectivity index is 1.85. The summed E-state index contributed by atoms with van der Waals surface area (Å²) in [6, 6.07) is 6.60. The van der Waals surface area contributed by atoms with Gasteiger partial charge in [-0.25, -0.2) is 18.4 Å². The lowest BCUT2D eigenvalue weighted by atomic mass is 9.84. The molecule has 1 aromatic carbocycles. The number of carbonyl (C=O) groups excluding carboxylic acids is 1. The van der Waals surface area contributed by atoms with E-state index in [1.807, 2.05) is 0 Å². The van der Waals surface area contributed by atoms with Crippen molar-refractivity contribution in [1.82, 2.24) is 14.4 Å². The van der Waals surface area contributed by atoms with Crippen LogP contribution in [0.5, 0.6) is 0 Å². The zero-order valence-corrected chi connectivity index (χ0v) is 20.8. The van der Waals surface area contributed by atoms with E-state index in [2.05, 4.69) is 10.3 Å². The van der Waals surface area contributed by atoms with Crippen molar-refractivity contribution in [2.45, 2.75) is 37.0 Å². The van der Waals surface area contributed by atoms with Crippen molar-refractivity contribution in [3.63, 3.8) is 0 Å². The van der Waals surface area contributed by atoms with Crippen LogP contribution in [0.3, 0.4) is 0 Å². The first kappa shape index (κ1) is 25.1. The van der Waals surface area contributed by atoms with Crippen molar-refractivity contribution in [3.8, 4) is 0 Å². The van der Waals surface area contributed by atoms with Gasteiger partial charge in [0.1, 0.15) is 4.34 Å². The maximum atomic E-state index is 13.2. The van der Waals surface area contributed by atoms with Crippen LogP contribution in [-0.2, 0) is 19.6 Å². The van der Waals surface area contributed by atoms with E-state index < -0.39 is 15.9 Å². The lowest BCUT2D eigenvalue weighted by molar-refractivity contribution is -0.118. The van der Waals surface area contributed by atoms with Gasteiger partial charge in [-0.2, -0.15) is 0 Å². The molecule has 32 heavy (non-hydrogen) atoms. The van der Waals surface area contributed by atoms with Crippen molar-refractivity contribution in [1.29, 1.82) is 0 Å². The van der Waals surface area contributed by atoms with E-state index in [1.165, 1.54) is 21.9 Å². The van der Waals surface area contributed by atoms with Crippen molar-refractivity contribution in [2.75, 3.05) is 39.2 Å². The van der Waals surface area contributed by atoms with Gasteiger partial charge >= 0.3 is 0 Å². The standard InChI is InChI=1S/C21H29ClN4O4S2/c1-4-26(25(2)3)32(28,29)17-7-5-16(6-8-17)18(13-15-9-11-30-12-10-15)20(27)24-21-23-14-19(22)31-21/h5-8,14-15,18H,4,9-13H2,1-3H3,(H,23,24,27). The highest BCUT2D eigenvalue weighted by Crippen LogP contribution is 2.32. The second-order valence-electron chi connectivity index (χ2n) is 7.86. The van der Waals surface area contributed by atoms with E-state index in [0.717, 1.165) is 18.4 Å². The summed E-state index contributed by atoms with van der Waals surface area (Å²) in [5, 5.41) is 4.85. The summed E-state index contributed by atoms with van der Waals surface area (Å²) >= 11 is 7.14. The molecule has 1 aliphatic heterocycles. The number of nitrogens with one attached hydrogen (secondary N) is 1. The number of carbonyl (C=O) groups is 1. The number of sulfonamides is 1. The summed E-state index contributed by atoms with van der Waals surface area (Å²) in [6.45, 7) is 3.48. The van der Waals surface area contributed by atoms with Crippen molar-refractivity contribution >= 4 is 44.0 Å². The summed E-state index contributed by atoms with van der Waals surface area (Å²) in [5.74, 6) is -0.262. The molecular formula is C21H29ClN4O4S2. The predicted molar refractivity (Wildman–Crippen MR) is 126 cm³/mol. The fraction of sp³-hybridized carbons (Fsp3) is 0.524. The second kappa shape index (κ2) is 11.0. The number of aromatic nitrogens is 1. The van der Waals surface area contributed by atoms with Gasteiger partial charge in [0.25, 0.3) is 10.0 Å². The van der Waals surface area contributed by atoms with Crippen molar-refractivity contribution in [2.24, 2.45) is 5.92 Å². The molecule has 1 aliphatic rings. The molecule has 1 saturated heterocycles. The molecule has 1 unspecified atom stereocenters. The number of halogens is 1. The fourth-order valence-electron chi connectivity index (χ4n) is 3.88. The Morgan fingerprint density at radius 2 is 1.94 bits per heavy atom. The third-order valence-corrected chi connectivity index (χ3v) is 8.55. The summed E-state index contributed by atoms with van der Waals surface area (Å²) in [4.78, 5) is 17.5. The largest absolute Gasteiger partial charge is 0.381 e. The van der Waals surface area contributed by atoms with Gasteiger partial charge in [0.2, 0.25) is 5.91 Å². The minimum Gasteiger partial charge on any atom is -0.381 e. The first-order chi connectivity index (χ1) is 15.2. The molecule has 1 fully saturated rings. The number of ether oxygens (including phenoxy) is 1. The van der Waals surface area contributed by atoms with Crippen LogP contribution in [-0.4, -0.2) is 62.6 Å². The molecule has 11 heteroatoms. The van der Waals surface area contributed by atoms with Gasteiger partial charge in [-0.15, -0.1) is 4.41 Å². The van der Waals surface area contributed by atoms with E-state index in [1.54, 1.807) is 50.3 Å². The Hall–Kier alpha value is -1.56. The summed E-state index contributed by atoms with van der Waals surface area (Å²) in [7, 11) is -0.289. The topological polar surface area (TPSA) is 91.8 Å². The van der Waals surface area contributed by atoms with Gasteiger partial charge in [-0.1, -0.05) is 35.1 Å². The number of rotatable bonds is 9. The Labute approximate surface area is 198 Å². The number of thiazole rings is 1. The van der Waals surface area contributed by atoms with Gasteiger partial charge in [-0.3, -0.25) is 4.79 Å². The molecule has 0 radical (unpaired) electrons. The van der Waals surface area contributed by atoms with E-state index in [0.29, 0.717) is 41.6 Å². The molecule has 0 spiro atoms. The second-order valence-corrected chi connectivity index (χ2v) is 11.4. The van der Waals surface area contributed by atoms with E-state index in [9.17, 15) is 13.2 Å². The monoisotopic (exact) mass is 500 g/mol. The van der Waals surface area contributed by atoms with Crippen LogP contribution in [0.2, 0.25) is 4.34 Å². The van der Waals surface area contributed by atoms with Gasteiger partial charge in [0.05, 0.1) is 17.0 Å². The van der Waals surface area contributed by atoms with Gasteiger partial charge in [0.15, 0.2) is 5.13 Å². The third kappa shape index (κ3) is 6.06. The predicted octanol–water partition coefficient (Wildman–Crippen LogP) is 3.82. The summed E-state index contributed by atoms with van der Waals surface area (Å²) in [5.41, 5.74) is 0.767. The highest BCUT2D eigenvalue weighted by molar-refractivity contribution is 7.89. The Morgan fingerprint density at radius 1 is 1.28 bits per heavy atom. The maximum absolute atomic E-state index is 13.2. The van der Waals surface area contributed by atoms with E-state index in [4.69, 9.17) is 16.3 Å².